The van der Waals surface area contributed by atoms with Gasteiger partial charge in [0, 0.05) is 57.8 Å². The zero-order chi connectivity index (χ0) is 44.3. The molecule has 0 bridgehead atoms. The average Bonchev–Trinajstić information content (AvgIpc) is 3.13. The molecule has 0 aromatic heterocycles. The number of carbonyl (C=O) groups excluding carboxylic acids is 1. The summed E-state index contributed by atoms with van der Waals surface area (Å²) in [6, 6.07) is -0.326. The van der Waals surface area contributed by atoms with Gasteiger partial charge in [-0.05, 0) is 81.8 Å². The van der Waals surface area contributed by atoms with Crippen LogP contribution in [0.3, 0.4) is 0 Å². The average molecular weight is 835 g/mol. The molecule has 3 fully saturated rings. The van der Waals surface area contributed by atoms with E-state index in [-0.39, 0.29) is 31.4 Å². The molecule has 0 amide bonds. The summed E-state index contributed by atoms with van der Waals surface area (Å²) in [6.07, 6.45) is -9.46. The van der Waals surface area contributed by atoms with Crippen LogP contribution in [0.1, 0.15) is 116 Å². The number of nitrogens with zero attached hydrogens (tertiary/aromatic N) is 2. The second kappa shape index (κ2) is 20.1. The van der Waals surface area contributed by atoms with E-state index >= 15 is 0 Å². The lowest BCUT2D eigenvalue weighted by Gasteiger charge is -2.49. The zero-order valence-corrected chi connectivity index (χ0v) is 38.0. The van der Waals surface area contributed by atoms with Gasteiger partial charge in [0.25, 0.3) is 0 Å². The molecule has 16 nitrogen and oxygen atoms in total. The highest BCUT2D eigenvalue weighted by Crippen LogP contribution is 2.41. The van der Waals surface area contributed by atoms with Gasteiger partial charge in [0.15, 0.2) is 12.6 Å². The first kappa shape index (κ1) is 50.8. The predicted octanol–water partition coefficient (Wildman–Crippen LogP) is 3.36. The van der Waals surface area contributed by atoms with Crippen LogP contribution >= 0.6 is 0 Å². The zero-order valence-electron chi connectivity index (χ0n) is 38.0. The van der Waals surface area contributed by atoms with E-state index in [1.807, 2.05) is 39.8 Å². The molecular weight excluding hydrogens is 756 g/mol. The van der Waals surface area contributed by atoms with Gasteiger partial charge < -0.3 is 68.4 Å². The molecule has 3 heterocycles. The topological polar surface area (TPSA) is 208 Å². The number of likely N-dealkylation sites (N-methyl/N-ethyl adjacent to an activating group) is 1. The molecule has 340 valence electrons. The van der Waals surface area contributed by atoms with E-state index in [1.54, 1.807) is 62.3 Å². The summed E-state index contributed by atoms with van der Waals surface area (Å²) in [5.41, 5.74) is -4.48. The van der Waals surface area contributed by atoms with Gasteiger partial charge in [-0.2, -0.15) is 0 Å². The minimum Gasteiger partial charge on any atom is -0.459 e. The number of hydrogen-bond acceptors (Lipinski definition) is 16. The maximum absolute atomic E-state index is 14.4. The third-order valence-corrected chi connectivity index (χ3v) is 12.7. The Kier molecular flexibility index (Phi) is 17.6. The van der Waals surface area contributed by atoms with E-state index in [1.165, 1.54) is 14.0 Å². The molecule has 58 heavy (non-hydrogen) atoms. The van der Waals surface area contributed by atoms with Crippen LogP contribution < -0.4 is 0 Å². The van der Waals surface area contributed by atoms with E-state index in [4.69, 9.17) is 38.0 Å². The van der Waals surface area contributed by atoms with E-state index in [0.29, 0.717) is 18.7 Å². The van der Waals surface area contributed by atoms with Crippen LogP contribution in [0.25, 0.3) is 0 Å². The Morgan fingerprint density at radius 3 is 2.09 bits per heavy atom. The Balaban J connectivity index is 2.28. The highest BCUT2D eigenvalue weighted by atomic mass is 16.8. The van der Waals surface area contributed by atoms with Crippen LogP contribution in [-0.4, -0.2) is 160 Å². The van der Waals surface area contributed by atoms with Gasteiger partial charge in [-0.15, -0.1) is 0 Å². The summed E-state index contributed by atoms with van der Waals surface area (Å²) >= 11 is 0. The summed E-state index contributed by atoms with van der Waals surface area (Å²) in [7, 11) is 5.23. The smallest absolute Gasteiger partial charge is 0.311 e. The number of aliphatic hydroxyl groups excluding tert-OH is 3. The Hall–Kier alpha value is -1.54. The minimum absolute atomic E-state index is 0.0262. The SMILES string of the molecule is CCOC(C)(C)O/N=C1\[C@H](C)C[C@@](C)(O)[C@H](O[C@@H]2O[C@H](C)C[C@H](N(C)C)[C@H]2O)[C@@H](C)[C@H](O[C@H]2C[C@@](C)(OC)[C@@H](O)[C@H](C)O2)[C@@H](C)C(=O)O[C@H](CC)[C@@](C)(O)[C@H](O)[C@H]1C. The number of ether oxygens (including phenoxy) is 7. The fraction of sp³-hybridized carbons (Fsp3) is 0.952. The van der Waals surface area contributed by atoms with E-state index < -0.39 is 108 Å². The number of rotatable bonds is 11. The van der Waals surface area contributed by atoms with Crippen molar-refractivity contribution in [2.24, 2.45) is 28.8 Å². The lowest BCUT2D eigenvalue weighted by molar-refractivity contribution is -0.318. The number of hydrogen-bond donors (Lipinski definition) is 5. The Labute approximate surface area is 346 Å². The number of methoxy groups -OCH3 is 1. The third-order valence-electron chi connectivity index (χ3n) is 12.7. The van der Waals surface area contributed by atoms with Crippen molar-refractivity contribution in [2.75, 3.05) is 27.8 Å². The van der Waals surface area contributed by atoms with Crippen LogP contribution in [0, 0.1) is 23.7 Å². The van der Waals surface area contributed by atoms with Gasteiger partial charge in [0.05, 0.1) is 53.4 Å². The summed E-state index contributed by atoms with van der Waals surface area (Å²) in [4.78, 5) is 22.2. The molecule has 0 aromatic rings. The molecule has 0 unspecified atom stereocenters. The van der Waals surface area contributed by atoms with Gasteiger partial charge in [0.1, 0.15) is 23.9 Å². The number of aliphatic hydroxyl groups is 5. The predicted molar refractivity (Wildman–Crippen MR) is 215 cm³/mol. The second-order valence-electron chi connectivity index (χ2n) is 18.5. The maximum Gasteiger partial charge on any atom is 0.311 e. The van der Waals surface area contributed by atoms with Crippen molar-refractivity contribution in [3.63, 3.8) is 0 Å². The highest BCUT2D eigenvalue weighted by molar-refractivity contribution is 5.88. The van der Waals surface area contributed by atoms with Crippen molar-refractivity contribution in [3.05, 3.63) is 0 Å². The molecule has 3 aliphatic heterocycles. The van der Waals surface area contributed by atoms with Crippen molar-refractivity contribution in [1.82, 2.24) is 4.90 Å². The Morgan fingerprint density at radius 2 is 1.53 bits per heavy atom. The monoisotopic (exact) mass is 835 g/mol. The molecule has 0 spiro atoms. The molecule has 0 aromatic carbocycles. The lowest BCUT2D eigenvalue weighted by Crippen LogP contribution is -2.61. The van der Waals surface area contributed by atoms with Gasteiger partial charge in [-0.25, -0.2) is 0 Å². The highest BCUT2D eigenvalue weighted by Gasteiger charge is 2.53. The quantitative estimate of drug-likeness (QED) is 0.115. The van der Waals surface area contributed by atoms with Crippen molar-refractivity contribution in [2.45, 2.75) is 206 Å². The molecule has 0 saturated carbocycles. The van der Waals surface area contributed by atoms with Crippen LogP contribution in [0.15, 0.2) is 5.16 Å². The van der Waals surface area contributed by atoms with Gasteiger partial charge >= 0.3 is 5.97 Å². The van der Waals surface area contributed by atoms with E-state index in [9.17, 15) is 30.3 Å². The van der Waals surface area contributed by atoms with Gasteiger partial charge in [-0.1, -0.05) is 32.9 Å². The molecule has 3 saturated heterocycles. The summed E-state index contributed by atoms with van der Waals surface area (Å²) in [6.45, 7) is 22.6. The van der Waals surface area contributed by atoms with Crippen molar-refractivity contribution < 1.29 is 68.3 Å². The molecule has 3 aliphatic rings. The van der Waals surface area contributed by atoms with E-state index in [2.05, 4.69) is 5.16 Å². The van der Waals surface area contributed by atoms with Crippen LogP contribution in [0.4, 0.5) is 0 Å². The van der Waals surface area contributed by atoms with Crippen LogP contribution in [0.5, 0.6) is 0 Å². The first-order valence-electron chi connectivity index (χ1n) is 21.1. The standard InChI is InChI=1S/C42H78N2O14/c1-17-29-42(13,50)34(46)24(5)31(43-58-39(9,10)52-18-2)22(3)20-40(11,49)36(57-38-32(45)28(44(14)15)19-23(4)53-38)25(6)33(26(7)37(48)55-29)56-30-21-41(12,51-16)35(47)27(8)54-30/h22-30,32-36,38,45-47,49-50H,17-21H2,1-16H3/b43-31+/t22-,23-,24+,25+,26-,27+,28+,29-,30+,32-,33+,34-,35+,36-,38+,40-,41-,42-/m1/s1. The van der Waals surface area contributed by atoms with Crippen LogP contribution in [-0.2, 0) is 42.8 Å². The molecule has 18 atom stereocenters. The Bertz CT molecular complexity index is 1350. The number of cyclic esters (lactones) is 1. The number of carbonyl (C=O) groups is 1. The minimum atomic E-state index is -1.97. The van der Waals surface area contributed by atoms with Crippen LogP contribution in [0.2, 0.25) is 0 Å². The van der Waals surface area contributed by atoms with Crippen molar-refractivity contribution >= 4 is 11.7 Å². The molecular formula is C42H78N2O14. The lowest BCUT2D eigenvalue weighted by atomic mass is 9.73. The Morgan fingerprint density at radius 1 is 0.914 bits per heavy atom. The molecule has 5 N–H and O–H groups in total. The molecule has 0 radical (unpaired) electrons. The van der Waals surface area contributed by atoms with Crippen molar-refractivity contribution in [1.29, 1.82) is 0 Å². The fourth-order valence-electron chi connectivity index (χ4n) is 9.13. The third kappa shape index (κ3) is 11.7. The number of esters is 1. The first-order valence-corrected chi connectivity index (χ1v) is 21.1. The summed E-state index contributed by atoms with van der Waals surface area (Å²) in [5.74, 6) is -5.29. The largest absolute Gasteiger partial charge is 0.459 e. The van der Waals surface area contributed by atoms with Gasteiger partial charge in [0.2, 0.25) is 5.79 Å². The summed E-state index contributed by atoms with van der Waals surface area (Å²) < 4.78 is 43.5. The van der Waals surface area contributed by atoms with Gasteiger partial charge in [-0.3, -0.25) is 4.79 Å². The second-order valence-corrected chi connectivity index (χ2v) is 18.5. The summed E-state index contributed by atoms with van der Waals surface area (Å²) in [5, 5.41) is 63.9. The fourth-order valence-corrected chi connectivity index (χ4v) is 9.13. The normalized spacial score (nSPS) is 46.1. The van der Waals surface area contributed by atoms with Crippen molar-refractivity contribution in [3.8, 4) is 0 Å². The first-order chi connectivity index (χ1) is 26.7. The maximum atomic E-state index is 14.4. The molecule has 0 aliphatic carbocycles. The molecule has 3 rings (SSSR count). The van der Waals surface area contributed by atoms with E-state index in [0.717, 1.165) is 0 Å². The number of oxime groups is 1. The molecule has 16 heteroatoms.